The van der Waals surface area contributed by atoms with Crippen molar-refractivity contribution in [3.8, 4) is 0 Å². The van der Waals surface area contributed by atoms with Crippen molar-refractivity contribution in [3.63, 3.8) is 0 Å². The summed E-state index contributed by atoms with van der Waals surface area (Å²) in [6, 6.07) is 4.26. The summed E-state index contributed by atoms with van der Waals surface area (Å²) in [5.41, 5.74) is 0.593. The second-order valence-electron chi connectivity index (χ2n) is 6.16. The molecular weight excluding hydrogens is 349 g/mol. The first kappa shape index (κ1) is 18.1. The Morgan fingerprint density at radius 2 is 2.00 bits per heavy atom. The number of amides is 1. The van der Waals surface area contributed by atoms with E-state index in [2.05, 4.69) is 15.3 Å². The van der Waals surface area contributed by atoms with Gasteiger partial charge < -0.3 is 10.3 Å². The van der Waals surface area contributed by atoms with Gasteiger partial charge in [0.25, 0.3) is 5.56 Å². The number of aryl methyl sites for hydroxylation is 1. The number of nitrogens with zero attached hydrogens (tertiary/aromatic N) is 2. The van der Waals surface area contributed by atoms with E-state index in [9.17, 15) is 22.8 Å². The van der Waals surface area contributed by atoms with Crippen LogP contribution in [0.2, 0.25) is 0 Å². The number of carbonyl (C=O) groups is 1. The molecule has 0 saturated heterocycles. The number of benzene rings is 1. The lowest BCUT2D eigenvalue weighted by atomic mass is 10.1. The number of anilines is 1. The van der Waals surface area contributed by atoms with Crippen molar-refractivity contribution in [3.05, 3.63) is 57.3 Å². The molecule has 2 aromatic rings. The summed E-state index contributed by atoms with van der Waals surface area (Å²) in [7, 11) is 0. The van der Waals surface area contributed by atoms with E-state index in [1.54, 1.807) is 11.8 Å². The van der Waals surface area contributed by atoms with Crippen molar-refractivity contribution in [2.75, 3.05) is 18.4 Å². The summed E-state index contributed by atoms with van der Waals surface area (Å²) in [6.07, 6.45) is -3.85. The summed E-state index contributed by atoms with van der Waals surface area (Å²) in [4.78, 5) is 32.9. The fourth-order valence-electron chi connectivity index (χ4n) is 2.89. The molecule has 0 spiro atoms. The predicted octanol–water partition coefficient (Wildman–Crippen LogP) is 2.09. The molecule has 9 heteroatoms. The molecule has 0 aliphatic carbocycles. The van der Waals surface area contributed by atoms with Crippen molar-refractivity contribution in [1.29, 1.82) is 0 Å². The number of alkyl halides is 3. The lowest BCUT2D eigenvalue weighted by molar-refractivity contribution is -0.137. The van der Waals surface area contributed by atoms with E-state index in [4.69, 9.17) is 0 Å². The molecule has 0 radical (unpaired) electrons. The third-order valence-electron chi connectivity index (χ3n) is 4.13. The topological polar surface area (TPSA) is 78.1 Å². The SMILES string of the molecule is Cc1nc2c(c(=O)[nH]1)CN(CC(=O)Nc1ccc(C(F)(F)F)cc1)CC2. The minimum absolute atomic E-state index is 0.0355. The van der Waals surface area contributed by atoms with E-state index in [0.29, 0.717) is 30.9 Å². The molecule has 26 heavy (non-hydrogen) atoms. The van der Waals surface area contributed by atoms with Gasteiger partial charge in [0.15, 0.2) is 0 Å². The van der Waals surface area contributed by atoms with Gasteiger partial charge in [0.05, 0.1) is 23.4 Å². The van der Waals surface area contributed by atoms with Gasteiger partial charge in [0.2, 0.25) is 5.91 Å². The van der Waals surface area contributed by atoms with E-state index in [-0.39, 0.29) is 23.7 Å². The van der Waals surface area contributed by atoms with Crippen LogP contribution in [-0.4, -0.2) is 33.9 Å². The van der Waals surface area contributed by atoms with Crippen molar-refractivity contribution in [1.82, 2.24) is 14.9 Å². The number of halogens is 3. The van der Waals surface area contributed by atoms with E-state index in [0.717, 1.165) is 17.8 Å². The summed E-state index contributed by atoms with van der Waals surface area (Å²) in [6.45, 7) is 2.63. The maximum Gasteiger partial charge on any atom is 0.416 e. The van der Waals surface area contributed by atoms with Gasteiger partial charge in [-0.3, -0.25) is 14.5 Å². The van der Waals surface area contributed by atoms with Crippen LogP contribution in [0.1, 0.15) is 22.6 Å². The van der Waals surface area contributed by atoms with Crippen LogP contribution in [0.25, 0.3) is 0 Å². The first-order chi connectivity index (χ1) is 12.2. The Morgan fingerprint density at radius 3 is 2.65 bits per heavy atom. The average molecular weight is 366 g/mol. The van der Waals surface area contributed by atoms with Gasteiger partial charge in [0.1, 0.15) is 5.82 Å². The molecule has 0 unspecified atom stereocenters. The Balaban J connectivity index is 1.61. The van der Waals surface area contributed by atoms with Crippen LogP contribution in [0.5, 0.6) is 0 Å². The second kappa shape index (κ2) is 6.91. The number of nitrogens with one attached hydrogen (secondary N) is 2. The lowest BCUT2D eigenvalue weighted by Gasteiger charge is -2.26. The van der Waals surface area contributed by atoms with Crippen molar-refractivity contribution in [2.45, 2.75) is 26.1 Å². The molecule has 3 rings (SSSR count). The standard InChI is InChI=1S/C17H17F3N4O2/c1-10-21-14-6-7-24(8-13(14)16(26)22-10)9-15(25)23-12-4-2-11(3-5-12)17(18,19)20/h2-5H,6-9H2,1H3,(H,23,25)(H,21,22,26). The number of hydrogen-bond donors (Lipinski definition) is 2. The van der Waals surface area contributed by atoms with E-state index in [1.165, 1.54) is 12.1 Å². The van der Waals surface area contributed by atoms with Gasteiger partial charge in [-0.1, -0.05) is 0 Å². The highest BCUT2D eigenvalue weighted by Crippen LogP contribution is 2.29. The monoisotopic (exact) mass is 366 g/mol. The molecule has 0 atom stereocenters. The number of H-pyrrole nitrogens is 1. The Morgan fingerprint density at radius 1 is 1.31 bits per heavy atom. The molecule has 1 aliphatic heterocycles. The number of aromatic amines is 1. The second-order valence-corrected chi connectivity index (χ2v) is 6.16. The summed E-state index contributed by atoms with van der Waals surface area (Å²) in [5.74, 6) is 0.201. The predicted molar refractivity (Wildman–Crippen MR) is 88.6 cm³/mol. The number of fused-ring (bicyclic) bond motifs is 1. The zero-order valence-corrected chi connectivity index (χ0v) is 14.0. The smallest absolute Gasteiger partial charge is 0.325 e. The van der Waals surface area contributed by atoms with Crippen LogP contribution in [0.15, 0.2) is 29.1 Å². The molecule has 6 nitrogen and oxygen atoms in total. The van der Waals surface area contributed by atoms with E-state index >= 15 is 0 Å². The largest absolute Gasteiger partial charge is 0.416 e. The summed E-state index contributed by atoms with van der Waals surface area (Å²) in [5, 5.41) is 2.57. The normalized spacial score (nSPS) is 14.8. The summed E-state index contributed by atoms with van der Waals surface area (Å²) < 4.78 is 37.6. The van der Waals surface area contributed by atoms with Gasteiger partial charge in [-0.25, -0.2) is 4.98 Å². The Kier molecular flexibility index (Phi) is 4.82. The molecular formula is C17H17F3N4O2. The molecule has 2 heterocycles. The Labute approximate surface area is 147 Å². The molecule has 1 amide bonds. The molecule has 1 aliphatic rings. The molecule has 1 aromatic heterocycles. The van der Waals surface area contributed by atoms with E-state index < -0.39 is 11.7 Å². The molecule has 1 aromatic carbocycles. The number of rotatable bonds is 3. The average Bonchev–Trinajstić information content (AvgIpc) is 2.55. The highest BCUT2D eigenvalue weighted by molar-refractivity contribution is 5.92. The van der Waals surface area contributed by atoms with Crippen LogP contribution in [0.4, 0.5) is 18.9 Å². The van der Waals surface area contributed by atoms with Gasteiger partial charge in [-0.05, 0) is 31.2 Å². The molecule has 0 saturated carbocycles. The van der Waals surface area contributed by atoms with E-state index in [1.807, 2.05) is 0 Å². The Bertz CT molecular complexity index is 875. The number of aromatic nitrogens is 2. The van der Waals surface area contributed by atoms with Crippen LogP contribution in [0, 0.1) is 6.92 Å². The maximum atomic E-state index is 12.5. The summed E-state index contributed by atoms with van der Waals surface area (Å²) >= 11 is 0. The van der Waals surface area contributed by atoms with Gasteiger partial charge >= 0.3 is 6.18 Å². The van der Waals surface area contributed by atoms with Crippen molar-refractivity contribution < 1.29 is 18.0 Å². The third-order valence-corrected chi connectivity index (χ3v) is 4.13. The highest BCUT2D eigenvalue weighted by atomic mass is 19.4. The van der Waals surface area contributed by atoms with Crippen LogP contribution < -0.4 is 10.9 Å². The lowest BCUT2D eigenvalue weighted by Crippen LogP contribution is -2.40. The van der Waals surface area contributed by atoms with Crippen LogP contribution in [-0.2, 0) is 23.9 Å². The minimum atomic E-state index is -4.41. The highest BCUT2D eigenvalue weighted by Gasteiger charge is 2.30. The van der Waals surface area contributed by atoms with Gasteiger partial charge in [0, 0.05) is 25.2 Å². The molecule has 0 bridgehead atoms. The van der Waals surface area contributed by atoms with Crippen LogP contribution in [0.3, 0.4) is 0 Å². The zero-order chi connectivity index (χ0) is 18.9. The number of carbonyl (C=O) groups excluding carboxylic acids is 1. The van der Waals surface area contributed by atoms with Gasteiger partial charge in [-0.2, -0.15) is 13.2 Å². The fourth-order valence-corrected chi connectivity index (χ4v) is 2.89. The third kappa shape index (κ3) is 4.10. The fraction of sp³-hybridized carbons (Fsp3) is 0.353. The molecule has 138 valence electrons. The maximum absolute atomic E-state index is 12.5. The Hall–Kier alpha value is -2.68. The molecule has 2 N–H and O–H groups in total. The van der Waals surface area contributed by atoms with Crippen LogP contribution >= 0.6 is 0 Å². The first-order valence-electron chi connectivity index (χ1n) is 8.00. The zero-order valence-electron chi connectivity index (χ0n) is 14.0. The van der Waals surface area contributed by atoms with Crippen molar-refractivity contribution >= 4 is 11.6 Å². The molecule has 0 fully saturated rings. The quantitative estimate of drug-likeness (QED) is 0.872. The first-order valence-corrected chi connectivity index (χ1v) is 8.00. The van der Waals surface area contributed by atoms with Gasteiger partial charge in [-0.15, -0.1) is 0 Å². The van der Waals surface area contributed by atoms with Crippen molar-refractivity contribution in [2.24, 2.45) is 0 Å². The minimum Gasteiger partial charge on any atom is -0.325 e. The number of hydrogen-bond acceptors (Lipinski definition) is 4.